The van der Waals surface area contributed by atoms with E-state index in [1.165, 1.54) is 82.6 Å². The number of allylic oxidation sites excluding steroid dienone is 2. The predicted molar refractivity (Wildman–Crippen MR) is 114 cm³/mol. The number of hydrogen-bond donors (Lipinski definition) is 0. The molecule has 0 bridgehead atoms. The van der Waals surface area contributed by atoms with E-state index in [2.05, 4.69) is 19.1 Å². The van der Waals surface area contributed by atoms with Crippen molar-refractivity contribution in [3.8, 4) is 0 Å². The van der Waals surface area contributed by atoms with Crippen molar-refractivity contribution >= 4 is 0 Å². The molecule has 0 N–H and O–H groups in total. The van der Waals surface area contributed by atoms with E-state index in [1.807, 2.05) is 12.1 Å². The highest BCUT2D eigenvalue weighted by Crippen LogP contribution is 2.43. The van der Waals surface area contributed by atoms with Crippen molar-refractivity contribution in [1.29, 1.82) is 0 Å². The van der Waals surface area contributed by atoms with Crippen LogP contribution < -0.4 is 0 Å². The van der Waals surface area contributed by atoms with Crippen molar-refractivity contribution in [2.45, 2.75) is 90.4 Å². The van der Waals surface area contributed by atoms with Crippen molar-refractivity contribution in [3.63, 3.8) is 0 Å². The molecule has 0 saturated heterocycles. The van der Waals surface area contributed by atoms with Gasteiger partial charge >= 0.3 is 0 Å². The van der Waals surface area contributed by atoms with Gasteiger partial charge in [-0.1, -0.05) is 56.4 Å². The standard InChI is InChI=1S/C26H39F/c1-2-3-4-5-6-21-9-15-24(16-10-21)25-17-11-22(12-18-25)7-8-23-13-19-26(27)20-14-23/h2-3,13-14,19-22,24-25H,4-12,15-18H2,1H3/b3-2-/t21-,22?,24-,25?. The number of rotatable bonds is 8. The first-order valence-electron chi connectivity index (χ1n) is 11.6. The van der Waals surface area contributed by atoms with Crippen molar-refractivity contribution < 1.29 is 4.39 Å². The Morgan fingerprint density at radius 1 is 0.815 bits per heavy atom. The largest absolute Gasteiger partial charge is 0.207 e. The van der Waals surface area contributed by atoms with Gasteiger partial charge in [0.05, 0.1) is 0 Å². The van der Waals surface area contributed by atoms with Gasteiger partial charge in [-0.2, -0.15) is 0 Å². The van der Waals surface area contributed by atoms with E-state index in [0.29, 0.717) is 0 Å². The molecule has 27 heavy (non-hydrogen) atoms. The Morgan fingerprint density at radius 3 is 1.93 bits per heavy atom. The third kappa shape index (κ3) is 6.77. The van der Waals surface area contributed by atoms with Gasteiger partial charge in [-0.05, 0) is 99.7 Å². The van der Waals surface area contributed by atoms with Gasteiger partial charge in [-0.25, -0.2) is 4.39 Å². The summed E-state index contributed by atoms with van der Waals surface area (Å²) in [7, 11) is 0. The zero-order valence-corrected chi connectivity index (χ0v) is 17.3. The summed E-state index contributed by atoms with van der Waals surface area (Å²) in [6.45, 7) is 2.13. The zero-order valence-electron chi connectivity index (χ0n) is 17.3. The average molecular weight is 371 g/mol. The third-order valence-corrected chi connectivity index (χ3v) is 7.42. The maximum absolute atomic E-state index is 13.0. The van der Waals surface area contributed by atoms with E-state index in [9.17, 15) is 4.39 Å². The Hall–Kier alpha value is -1.11. The lowest BCUT2D eigenvalue weighted by Gasteiger charge is -2.38. The predicted octanol–water partition coefficient (Wildman–Crippen LogP) is 8.12. The Balaban J connectivity index is 1.31. The van der Waals surface area contributed by atoms with Gasteiger partial charge in [-0.15, -0.1) is 0 Å². The number of aryl methyl sites for hydroxylation is 1. The van der Waals surface area contributed by atoms with Gasteiger partial charge in [0.25, 0.3) is 0 Å². The molecular formula is C26H39F. The number of hydrogen-bond acceptors (Lipinski definition) is 0. The minimum absolute atomic E-state index is 0.119. The summed E-state index contributed by atoms with van der Waals surface area (Å²) in [4.78, 5) is 0. The van der Waals surface area contributed by atoms with E-state index in [0.717, 1.165) is 30.1 Å². The highest BCUT2D eigenvalue weighted by atomic mass is 19.1. The Morgan fingerprint density at radius 2 is 1.37 bits per heavy atom. The summed E-state index contributed by atoms with van der Waals surface area (Å²) in [5.74, 6) is 3.82. The molecule has 2 fully saturated rings. The molecule has 1 heteroatoms. The van der Waals surface area contributed by atoms with E-state index in [-0.39, 0.29) is 5.82 Å². The summed E-state index contributed by atoms with van der Waals surface area (Å²) < 4.78 is 13.0. The van der Waals surface area contributed by atoms with Crippen LogP contribution in [0, 0.1) is 29.5 Å². The molecule has 0 unspecified atom stereocenters. The molecule has 0 aliphatic heterocycles. The molecule has 0 aromatic heterocycles. The summed E-state index contributed by atoms with van der Waals surface area (Å²) >= 11 is 0. The minimum atomic E-state index is -0.119. The second-order valence-electron chi connectivity index (χ2n) is 9.23. The lowest BCUT2D eigenvalue weighted by atomic mass is 9.68. The van der Waals surface area contributed by atoms with Crippen LogP contribution in [0.15, 0.2) is 36.4 Å². The van der Waals surface area contributed by atoms with Crippen LogP contribution in [0.2, 0.25) is 0 Å². The lowest BCUT2D eigenvalue weighted by molar-refractivity contribution is 0.141. The molecule has 2 saturated carbocycles. The fraction of sp³-hybridized carbons (Fsp3) is 0.692. The summed E-state index contributed by atoms with van der Waals surface area (Å²) in [6.07, 6.45) is 22.8. The molecule has 3 rings (SSSR count). The Kier molecular flexibility index (Phi) is 8.42. The smallest absolute Gasteiger partial charge is 0.123 e. The van der Waals surface area contributed by atoms with Crippen LogP contribution >= 0.6 is 0 Å². The molecule has 0 heterocycles. The van der Waals surface area contributed by atoms with Crippen molar-refractivity contribution in [1.82, 2.24) is 0 Å². The Labute approximate surface area is 166 Å². The second-order valence-corrected chi connectivity index (χ2v) is 9.23. The van der Waals surface area contributed by atoms with Crippen molar-refractivity contribution in [2.24, 2.45) is 23.7 Å². The average Bonchev–Trinajstić information content (AvgIpc) is 2.72. The van der Waals surface area contributed by atoms with Crippen LogP contribution in [0.1, 0.15) is 89.5 Å². The van der Waals surface area contributed by atoms with Crippen LogP contribution in [-0.2, 0) is 6.42 Å². The maximum Gasteiger partial charge on any atom is 0.123 e. The molecule has 2 aliphatic carbocycles. The maximum atomic E-state index is 13.0. The van der Waals surface area contributed by atoms with Crippen LogP contribution in [-0.4, -0.2) is 0 Å². The third-order valence-electron chi connectivity index (χ3n) is 7.42. The highest BCUT2D eigenvalue weighted by Gasteiger charge is 2.30. The molecule has 0 radical (unpaired) electrons. The normalized spacial score (nSPS) is 29.3. The molecule has 1 aromatic rings. The van der Waals surface area contributed by atoms with Gasteiger partial charge in [-0.3, -0.25) is 0 Å². The van der Waals surface area contributed by atoms with E-state index in [4.69, 9.17) is 0 Å². The molecule has 2 aliphatic rings. The van der Waals surface area contributed by atoms with Gasteiger partial charge in [0, 0.05) is 0 Å². The first-order valence-corrected chi connectivity index (χ1v) is 11.6. The molecule has 0 spiro atoms. The first-order chi connectivity index (χ1) is 13.2. The Bertz CT molecular complexity index is 542. The van der Waals surface area contributed by atoms with Crippen LogP contribution in [0.5, 0.6) is 0 Å². The van der Waals surface area contributed by atoms with Gasteiger partial charge in [0.15, 0.2) is 0 Å². The van der Waals surface area contributed by atoms with Crippen LogP contribution in [0.25, 0.3) is 0 Å². The SMILES string of the molecule is C/C=C\CCC[C@H]1CC[C@H](C2CCC(CCc3ccc(F)cc3)CC2)CC1. The summed E-state index contributed by atoms with van der Waals surface area (Å²) in [6, 6.07) is 7.11. The first kappa shape index (κ1) is 20.6. The molecular weight excluding hydrogens is 331 g/mol. The zero-order chi connectivity index (χ0) is 18.9. The van der Waals surface area contributed by atoms with E-state index < -0.39 is 0 Å². The highest BCUT2D eigenvalue weighted by molar-refractivity contribution is 5.16. The summed E-state index contributed by atoms with van der Waals surface area (Å²) in [5.41, 5.74) is 1.30. The molecule has 1 aromatic carbocycles. The van der Waals surface area contributed by atoms with Crippen molar-refractivity contribution in [2.75, 3.05) is 0 Å². The van der Waals surface area contributed by atoms with Crippen molar-refractivity contribution in [3.05, 3.63) is 47.8 Å². The number of halogens is 1. The quantitative estimate of drug-likeness (QED) is 0.320. The topological polar surface area (TPSA) is 0 Å². The fourth-order valence-corrected chi connectivity index (χ4v) is 5.61. The number of unbranched alkanes of at least 4 members (excludes halogenated alkanes) is 1. The van der Waals surface area contributed by atoms with Gasteiger partial charge < -0.3 is 0 Å². The molecule has 0 atom stereocenters. The van der Waals surface area contributed by atoms with Crippen LogP contribution in [0.3, 0.4) is 0 Å². The summed E-state index contributed by atoms with van der Waals surface area (Å²) in [5, 5.41) is 0. The lowest BCUT2D eigenvalue weighted by Crippen LogP contribution is -2.26. The second kappa shape index (κ2) is 11.0. The van der Waals surface area contributed by atoms with Gasteiger partial charge in [0.1, 0.15) is 5.82 Å². The monoisotopic (exact) mass is 370 g/mol. The molecule has 0 amide bonds. The van der Waals surface area contributed by atoms with E-state index >= 15 is 0 Å². The number of benzene rings is 1. The fourth-order valence-electron chi connectivity index (χ4n) is 5.61. The van der Waals surface area contributed by atoms with Gasteiger partial charge in [0.2, 0.25) is 0 Å². The molecule has 0 nitrogen and oxygen atoms in total. The minimum Gasteiger partial charge on any atom is -0.207 e. The van der Waals surface area contributed by atoms with Crippen LogP contribution in [0.4, 0.5) is 4.39 Å². The van der Waals surface area contributed by atoms with E-state index in [1.54, 1.807) is 12.1 Å². The molecule has 150 valence electrons.